The molecule has 0 aromatic carbocycles. The Balaban J connectivity index is 2.56. The van der Waals surface area contributed by atoms with Gasteiger partial charge in [-0.2, -0.15) is 0 Å². The Labute approximate surface area is 102 Å². The first kappa shape index (κ1) is 14.4. The van der Waals surface area contributed by atoms with Crippen LogP contribution in [-0.4, -0.2) is 41.9 Å². The summed E-state index contributed by atoms with van der Waals surface area (Å²) >= 11 is 0. The number of amides is 1. The van der Waals surface area contributed by atoms with Crippen molar-refractivity contribution in [1.29, 1.82) is 0 Å². The van der Waals surface area contributed by atoms with Crippen molar-refractivity contribution in [2.45, 2.75) is 52.1 Å². The summed E-state index contributed by atoms with van der Waals surface area (Å²) in [5, 5.41) is 2.66. The molecule has 1 fully saturated rings. The Morgan fingerprint density at radius 1 is 1.41 bits per heavy atom. The lowest BCUT2D eigenvalue weighted by Crippen LogP contribution is -2.36. The number of halogens is 2. The second-order valence-corrected chi connectivity index (χ2v) is 5.41. The van der Waals surface area contributed by atoms with Crippen LogP contribution in [0, 0.1) is 5.92 Å². The molecule has 0 saturated carbocycles. The molecule has 1 N–H and O–H groups in total. The monoisotopic (exact) mass is 248 g/mol. The number of hydrogen-bond donors (Lipinski definition) is 1. The first-order chi connectivity index (χ1) is 7.72. The molecule has 0 spiro atoms. The van der Waals surface area contributed by atoms with Gasteiger partial charge in [0, 0.05) is 31.0 Å². The fourth-order valence-electron chi connectivity index (χ4n) is 2.09. The van der Waals surface area contributed by atoms with Crippen molar-refractivity contribution in [3.8, 4) is 0 Å². The minimum atomic E-state index is -2.75. The van der Waals surface area contributed by atoms with Gasteiger partial charge < -0.3 is 5.32 Å². The highest BCUT2D eigenvalue weighted by molar-refractivity contribution is 5.76. The van der Waals surface area contributed by atoms with Gasteiger partial charge in [0.2, 0.25) is 5.91 Å². The van der Waals surface area contributed by atoms with Gasteiger partial charge in [-0.15, -0.1) is 0 Å². The van der Waals surface area contributed by atoms with E-state index in [1.807, 2.05) is 27.7 Å². The van der Waals surface area contributed by atoms with Crippen molar-refractivity contribution in [3.63, 3.8) is 0 Å². The van der Waals surface area contributed by atoms with Gasteiger partial charge in [-0.05, 0) is 27.7 Å². The zero-order valence-corrected chi connectivity index (χ0v) is 11.0. The molecule has 1 aliphatic heterocycles. The van der Waals surface area contributed by atoms with Gasteiger partial charge in [0.25, 0.3) is 5.92 Å². The van der Waals surface area contributed by atoms with Crippen LogP contribution in [0.2, 0.25) is 0 Å². The number of carbonyl (C=O) groups excluding carboxylic acids is 1. The molecule has 0 aliphatic carbocycles. The lowest BCUT2D eigenvalue weighted by atomic mass is 10.0. The summed E-state index contributed by atoms with van der Waals surface area (Å²) in [7, 11) is 0. The molecule has 1 aliphatic rings. The highest BCUT2D eigenvalue weighted by Crippen LogP contribution is 2.36. The van der Waals surface area contributed by atoms with E-state index in [1.54, 1.807) is 4.90 Å². The zero-order valence-electron chi connectivity index (χ0n) is 11.0. The Morgan fingerprint density at radius 2 is 2.00 bits per heavy atom. The van der Waals surface area contributed by atoms with Crippen molar-refractivity contribution in [3.05, 3.63) is 0 Å². The molecule has 100 valence electrons. The molecule has 0 radical (unpaired) electrons. The fraction of sp³-hybridized carbons (Fsp3) is 0.917. The largest absolute Gasteiger partial charge is 0.354 e. The molecule has 1 amide bonds. The lowest BCUT2D eigenvalue weighted by molar-refractivity contribution is -0.125. The average molecular weight is 248 g/mol. The van der Waals surface area contributed by atoms with Crippen LogP contribution in [0.3, 0.4) is 0 Å². The number of likely N-dealkylation sites (tertiary alicyclic amines) is 1. The third kappa shape index (κ3) is 3.91. The summed E-state index contributed by atoms with van der Waals surface area (Å²) in [5.41, 5.74) is 0. The maximum atomic E-state index is 13.7. The molecule has 17 heavy (non-hydrogen) atoms. The first-order valence-corrected chi connectivity index (χ1v) is 6.13. The number of alkyl halides is 2. The van der Waals surface area contributed by atoms with E-state index in [0.717, 1.165) is 0 Å². The molecule has 1 saturated heterocycles. The third-order valence-electron chi connectivity index (χ3n) is 3.08. The summed E-state index contributed by atoms with van der Waals surface area (Å²) < 4.78 is 27.4. The number of hydrogen-bond acceptors (Lipinski definition) is 2. The maximum Gasteiger partial charge on any atom is 0.265 e. The number of carbonyl (C=O) groups is 1. The SMILES string of the molecule is CC(C)NC(=O)CC1CN(C(C)C)CC1(F)F. The van der Waals surface area contributed by atoms with E-state index in [2.05, 4.69) is 5.32 Å². The van der Waals surface area contributed by atoms with Crippen LogP contribution in [0.15, 0.2) is 0 Å². The highest BCUT2D eigenvalue weighted by atomic mass is 19.3. The van der Waals surface area contributed by atoms with Crippen LogP contribution in [0.1, 0.15) is 34.1 Å². The summed E-state index contributed by atoms with van der Waals surface area (Å²) in [5.74, 6) is -3.89. The predicted molar refractivity (Wildman–Crippen MR) is 63.0 cm³/mol. The van der Waals surface area contributed by atoms with Crippen molar-refractivity contribution >= 4 is 5.91 Å². The topological polar surface area (TPSA) is 32.3 Å². The minimum absolute atomic E-state index is 0.00118. The van der Waals surface area contributed by atoms with Gasteiger partial charge in [-0.25, -0.2) is 8.78 Å². The van der Waals surface area contributed by atoms with Gasteiger partial charge in [0.15, 0.2) is 0 Å². The van der Waals surface area contributed by atoms with Crippen LogP contribution in [0.5, 0.6) is 0 Å². The van der Waals surface area contributed by atoms with Crippen LogP contribution < -0.4 is 5.32 Å². The minimum Gasteiger partial charge on any atom is -0.354 e. The van der Waals surface area contributed by atoms with Crippen LogP contribution in [-0.2, 0) is 4.79 Å². The molecule has 1 rings (SSSR count). The third-order valence-corrected chi connectivity index (χ3v) is 3.08. The van der Waals surface area contributed by atoms with Crippen molar-refractivity contribution in [1.82, 2.24) is 10.2 Å². The molecular weight excluding hydrogens is 226 g/mol. The molecule has 0 aromatic heterocycles. The van der Waals surface area contributed by atoms with Gasteiger partial charge >= 0.3 is 0 Å². The maximum absolute atomic E-state index is 13.7. The quantitative estimate of drug-likeness (QED) is 0.824. The Bertz CT molecular complexity index is 280. The zero-order chi connectivity index (χ0) is 13.2. The number of nitrogens with zero attached hydrogens (tertiary/aromatic N) is 1. The second-order valence-electron chi connectivity index (χ2n) is 5.41. The normalized spacial score (nSPS) is 24.6. The molecule has 1 unspecified atom stereocenters. The molecular formula is C12H22F2N2O. The van der Waals surface area contributed by atoms with Crippen LogP contribution >= 0.6 is 0 Å². The molecule has 1 atom stereocenters. The van der Waals surface area contributed by atoms with E-state index in [-0.39, 0.29) is 31.0 Å². The standard InChI is InChI=1S/C12H22F2N2O/c1-8(2)15-11(17)5-10-6-16(9(3)4)7-12(10,13)14/h8-10H,5-7H2,1-4H3,(H,15,17). The molecule has 0 bridgehead atoms. The van der Waals surface area contributed by atoms with Gasteiger partial charge in [-0.3, -0.25) is 9.69 Å². The van der Waals surface area contributed by atoms with E-state index in [1.165, 1.54) is 0 Å². The number of nitrogens with one attached hydrogen (secondary N) is 1. The van der Waals surface area contributed by atoms with Crippen molar-refractivity contribution in [2.24, 2.45) is 5.92 Å². The predicted octanol–water partition coefficient (Wildman–Crippen LogP) is 1.88. The summed E-state index contributed by atoms with van der Waals surface area (Å²) in [6.45, 7) is 7.51. The van der Waals surface area contributed by atoms with Gasteiger partial charge in [0.05, 0.1) is 6.54 Å². The Morgan fingerprint density at radius 3 is 2.41 bits per heavy atom. The summed E-state index contributed by atoms with van der Waals surface area (Å²) in [4.78, 5) is 13.2. The Kier molecular flexibility index (Phi) is 4.47. The van der Waals surface area contributed by atoms with Gasteiger partial charge in [0.1, 0.15) is 0 Å². The van der Waals surface area contributed by atoms with E-state index in [9.17, 15) is 13.6 Å². The van der Waals surface area contributed by atoms with Crippen molar-refractivity contribution in [2.75, 3.05) is 13.1 Å². The smallest absolute Gasteiger partial charge is 0.265 e. The average Bonchev–Trinajstić information content (AvgIpc) is 2.40. The Hall–Kier alpha value is -0.710. The summed E-state index contributed by atoms with van der Waals surface area (Å²) in [6, 6.07) is 0.0952. The van der Waals surface area contributed by atoms with Gasteiger partial charge in [-0.1, -0.05) is 0 Å². The first-order valence-electron chi connectivity index (χ1n) is 6.13. The van der Waals surface area contributed by atoms with Crippen LogP contribution in [0.4, 0.5) is 8.78 Å². The summed E-state index contributed by atoms with van der Waals surface area (Å²) in [6.07, 6.45) is -0.0889. The highest BCUT2D eigenvalue weighted by Gasteiger charge is 2.49. The van der Waals surface area contributed by atoms with E-state index >= 15 is 0 Å². The second kappa shape index (κ2) is 5.29. The molecule has 5 heteroatoms. The fourth-order valence-corrected chi connectivity index (χ4v) is 2.09. The number of rotatable bonds is 4. The van der Waals surface area contributed by atoms with E-state index < -0.39 is 11.8 Å². The van der Waals surface area contributed by atoms with E-state index in [4.69, 9.17) is 0 Å². The van der Waals surface area contributed by atoms with Crippen LogP contribution in [0.25, 0.3) is 0 Å². The van der Waals surface area contributed by atoms with Crippen molar-refractivity contribution < 1.29 is 13.6 Å². The lowest BCUT2D eigenvalue weighted by Gasteiger charge is -2.19. The molecule has 0 aromatic rings. The molecule has 3 nitrogen and oxygen atoms in total. The molecule has 1 heterocycles. The van der Waals surface area contributed by atoms with E-state index in [0.29, 0.717) is 6.54 Å².